The fraction of sp³-hybridized carbons (Fsp3) is 1.00. The van der Waals surface area contributed by atoms with Gasteiger partial charge in [-0.15, -0.1) is 0 Å². The summed E-state index contributed by atoms with van der Waals surface area (Å²) in [6.45, 7) is 1.28. The molecule has 3 aliphatic rings. The van der Waals surface area contributed by atoms with Gasteiger partial charge < -0.3 is 23.7 Å². The maximum Gasteiger partial charge on any atom is 0.186 e. The number of hydrogen-bond donors (Lipinski definition) is 0. The number of ether oxygens (including phenoxy) is 5. The van der Waals surface area contributed by atoms with Crippen molar-refractivity contribution in [1.82, 2.24) is 0 Å². The second kappa shape index (κ2) is 7.55. The van der Waals surface area contributed by atoms with E-state index >= 15 is 0 Å². The molecule has 0 aliphatic carbocycles. The van der Waals surface area contributed by atoms with Gasteiger partial charge in [0.1, 0.15) is 6.10 Å². The standard InChI is InChI=1S/C14H26O5/c1-15-9-11-10-7-5-4-6-8-18-14(19-11)13(17-3)12(10)16-2/h10-14H,4-9H2,1-3H3. The number of hydrogen-bond acceptors (Lipinski definition) is 5. The van der Waals surface area contributed by atoms with Gasteiger partial charge in [-0.2, -0.15) is 0 Å². The first-order valence-electron chi connectivity index (χ1n) is 7.13. The minimum Gasteiger partial charge on any atom is -0.382 e. The van der Waals surface area contributed by atoms with Crippen LogP contribution in [0.4, 0.5) is 0 Å². The molecule has 0 aromatic heterocycles. The third kappa shape index (κ3) is 3.47. The van der Waals surface area contributed by atoms with E-state index in [2.05, 4.69) is 0 Å². The Morgan fingerprint density at radius 3 is 2.47 bits per heavy atom. The Bertz CT molecular complexity index is 260. The van der Waals surface area contributed by atoms with Crippen molar-refractivity contribution in [3.63, 3.8) is 0 Å². The van der Waals surface area contributed by atoms with Crippen LogP contribution in [0, 0.1) is 5.92 Å². The lowest BCUT2D eigenvalue weighted by atomic mass is 9.84. The molecule has 0 spiro atoms. The molecule has 112 valence electrons. The fourth-order valence-electron chi connectivity index (χ4n) is 3.18. The second-order valence-corrected chi connectivity index (χ2v) is 5.28. The SMILES string of the molecule is COCC1OC2OCCCCCC1C(OC)C2OC. The highest BCUT2D eigenvalue weighted by Gasteiger charge is 2.46. The van der Waals surface area contributed by atoms with Crippen molar-refractivity contribution >= 4 is 0 Å². The quantitative estimate of drug-likeness (QED) is 0.779. The molecule has 0 N–H and O–H groups in total. The van der Waals surface area contributed by atoms with Gasteiger partial charge in [0.15, 0.2) is 6.29 Å². The van der Waals surface area contributed by atoms with E-state index in [1.165, 1.54) is 12.8 Å². The third-order valence-electron chi connectivity index (χ3n) is 4.14. The first-order valence-corrected chi connectivity index (χ1v) is 7.13. The van der Waals surface area contributed by atoms with E-state index in [0.717, 1.165) is 12.8 Å². The van der Waals surface area contributed by atoms with Gasteiger partial charge in [0.2, 0.25) is 0 Å². The van der Waals surface area contributed by atoms with E-state index in [1.807, 2.05) is 0 Å². The zero-order chi connectivity index (χ0) is 13.7. The molecule has 0 aromatic rings. The van der Waals surface area contributed by atoms with E-state index < -0.39 is 0 Å². The van der Waals surface area contributed by atoms with E-state index in [4.69, 9.17) is 23.7 Å². The Balaban J connectivity index is 2.18. The van der Waals surface area contributed by atoms with Gasteiger partial charge in [-0.1, -0.05) is 12.8 Å². The Morgan fingerprint density at radius 1 is 1.00 bits per heavy atom. The maximum absolute atomic E-state index is 6.05. The molecule has 0 amide bonds. The lowest BCUT2D eigenvalue weighted by Crippen LogP contribution is -2.58. The summed E-state index contributed by atoms with van der Waals surface area (Å²) in [4.78, 5) is 0. The van der Waals surface area contributed by atoms with Crippen LogP contribution < -0.4 is 0 Å². The largest absolute Gasteiger partial charge is 0.382 e. The summed E-state index contributed by atoms with van der Waals surface area (Å²) >= 11 is 0. The monoisotopic (exact) mass is 274 g/mol. The smallest absolute Gasteiger partial charge is 0.186 e. The zero-order valence-corrected chi connectivity index (χ0v) is 12.2. The lowest BCUT2D eigenvalue weighted by molar-refractivity contribution is -0.302. The van der Waals surface area contributed by atoms with Crippen LogP contribution >= 0.6 is 0 Å². The van der Waals surface area contributed by atoms with Crippen LogP contribution in [0.5, 0.6) is 0 Å². The molecule has 5 atom stereocenters. The van der Waals surface area contributed by atoms with E-state index in [1.54, 1.807) is 21.3 Å². The highest BCUT2D eigenvalue weighted by molar-refractivity contribution is 4.91. The van der Waals surface area contributed by atoms with Gasteiger partial charge in [0.05, 0.1) is 18.8 Å². The molecular formula is C14H26O5. The first kappa shape index (κ1) is 15.2. The van der Waals surface area contributed by atoms with Crippen LogP contribution in [0.25, 0.3) is 0 Å². The summed E-state index contributed by atoms with van der Waals surface area (Å²) in [5.41, 5.74) is 0. The summed E-state index contributed by atoms with van der Waals surface area (Å²) in [7, 11) is 5.13. The average Bonchev–Trinajstić information content (AvgIpc) is 2.44. The molecule has 19 heavy (non-hydrogen) atoms. The van der Waals surface area contributed by atoms with Crippen molar-refractivity contribution in [3.8, 4) is 0 Å². The summed E-state index contributed by atoms with van der Waals surface area (Å²) in [5, 5.41) is 0. The zero-order valence-electron chi connectivity index (χ0n) is 12.2. The average molecular weight is 274 g/mol. The van der Waals surface area contributed by atoms with Crippen LogP contribution in [0.3, 0.4) is 0 Å². The molecule has 0 saturated carbocycles. The Kier molecular flexibility index (Phi) is 6.04. The molecule has 3 heterocycles. The van der Waals surface area contributed by atoms with Gasteiger partial charge >= 0.3 is 0 Å². The summed E-state index contributed by atoms with van der Waals surface area (Å²) in [5.74, 6) is 0.299. The highest BCUT2D eigenvalue weighted by Crippen LogP contribution is 2.34. The van der Waals surface area contributed by atoms with Gasteiger partial charge in [-0.3, -0.25) is 0 Å². The Hall–Kier alpha value is -0.200. The topological polar surface area (TPSA) is 46.2 Å². The predicted molar refractivity (Wildman–Crippen MR) is 70.0 cm³/mol. The Labute approximate surface area is 115 Å². The summed E-state index contributed by atoms with van der Waals surface area (Å²) in [6.07, 6.45) is 4.02. The number of fused-ring (bicyclic) bond motifs is 7. The summed E-state index contributed by atoms with van der Waals surface area (Å²) < 4.78 is 28.4. The van der Waals surface area contributed by atoms with Crippen LogP contribution in [0.2, 0.25) is 0 Å². The van der Waals surface area contributed by atoms with Crippen molar-refractivity contribution in [2.24, 2.45) is 5.92 Å². The predicted octanol–water partition coefficient (Wildman–Crippen LogP) is 1.59. The molecule has 2 bridgehead atoms. The minimum absolute atomic E-state index is 0.00185. The molecule has 5 heteroatoms. The molecule has 5 unspecified atom stereocenters. The van der Waals surface area contributed by atoms with Crippen molar-refractivity contribution < 1.29 is 23.7 Å². The minimum atomic E-state index is -0.357. The molecule has 3 saturated heterocycles. The fourth-order valence-corrected chi connectivity index (χ4v) is 3.18. The molecule has 3 fully saturated rings. The maximum atomic E-state index is 6.05. The summed E-state index contributed by atoms with van der Waals surface area (Å²) in [6, 6.07) is 0. The number of rotatable bonds is 4. The van der Waals surface area contributed by atoms with Crippen molar-refractivity contribution in [2.45, 2.75) is 50.3 Å². The van der Waals surface area contributed by atoms with Crippen molar-refractivity contribution in [2.75, 3.05) is 34.5 Å². The molecule has 5 nitrogen and oxygen atoms in total. The lowest BCUT2D eigenvalue weighted by Gasteiger charge is -2.46. The van der Waals surface area contributed by atoms with Crippen LogP contribution in [0.1, 0.15) is 25.7 Å². The van der Waals surface area contributed by atoms with E-state index in [0.29, 0.717) is 19.1 Å². The normalized spacial score (nSPS) is 40.3. The Morgan fingerprint density at radius 2 is 1.79 bits per heavy atom. The molecule has 3 aliphatic heterocycles. The molecular weight excluding hydrogens is 248 g/mol. The first-order chi connectivity index (χ1) is 9.31. The van der Waals surface area contributed by atoms with Gasteiger partial charge in [-0.05, 0) is 12.8 Å². The highest BCUT2D eigenvalue weighted by atomic mass is 16.7. The van der Waals surface area contributed by atoms with Gasteiger partial charge in [0, 0.05) is 33.9 Å². The van der Waals surface area contributed by atoms with Gasteiger partial charge in [0.25, 0.3) is 0 Å². The molecule has 3 rings (SSSR count). The van der Waals surface area contributed by atoms with E-state index in [-0.39, 0.29) is 24.6 Å². The molecule has 0 aromatic carbocycles. The van der Waals surface area contributed by atoms with Crippen molar-refractivity contribution in [3.05, 3.63) is 0 Å². The van der Waals surface area contributed by atoms with E-state index in [9.17, 15) is 0 Å². The van der Waals surface area contributed by atoms with Crippen LogP contribution in [0.15, 0.2) is 0 Å². The number of methoxy groups -OCH3 is 3. The van der Waals surface area contributed by atoms with Crippen molar-refractivity contribution in [1.29, 1.82) is 0 Å². The third-order valence-corrected chi connectivity index (χ3v) is 4.14. The van der Waals surface area contributed by atoms with Crippen LogP contribution in [-0.2, 0) is 23.7 Å². The van der Waals surface area contributed by atoms with Crippen LogP contribution in [-0.4, -0.2) is 59.1 Å². The van der Waals surface area contributed by atoms with Gasteiger partial charge in [-0.25, -0.2) is 0 Å². The second-order valence-electron chi connectivity index (χ2n) is 5.28. The molecule has 0 radical (unpaired) electrons.